The van der Waals surface area contributed by atoms with Gasteiger partial charge >= 0.3 is 23.9 Å². The molecule has 0 aliphatic carbocycles. The molecule has 0 bridgehead atoms. The van der Waals surface area contributed by atoms with Gasteiger partial charge in [-0.25, -0.2) is 0 Å². The first kappa shape index (κ1) is 36.8. The maximum absolute atomic E-state index is 12.8. The van der Waals surface area contributed by atoms with Gasteiger partial charge in [0.25, 0.3) is 0 Å². The van der Waals surface area contributed by atoms with Crippen LogP contribution in [-0.2, 0) is 33.6 Å². The van der Waals surface area contributed by atoms with Crippen molar-refractivity contribution >= 4 is 53.4 Å². The Balaban J connectivity index is 1.97. The minimum atomic E-state index is -1.21. The van der Waals surface area contributed by atoms with E-state index in [0.29, 0.717) is 0 Å². The highest BCUT2D eigenvalue weighted by atomic mass is 32.2. The molecule has 0 aromatic carbocycles. The van der Waals surface area contributed by atoms with Gasteiger partial charge < -0.3 is 31.5 Å². The van der Waals surface area contributed by atoms with E-state index in [1.807, 2.05) is 0 Å². The lowest BCUT2D eigenvalue weighted by molar-refractivity contribution is -0.140. The number of aliphatic carboxylic acids is 4. The molecule has 2 heterocycles. The lowest BCUT2D eigenvalue weighted by Gasteiger charge is -2.32. The Hall–Kier alpha value is -3.36. The second kappa shape index (κ2) is 18.4. The second-order valence-electron chi connectivity index (χ2n) is 10.5. The van der Waals surface area contributed by atoms with E-state index in [-0.39, 0.29) is 104 Å². The van der Waals surface area contributed by atoms with Gasteiger partial charge in [-0.1, -0.05) is 0 Å². The zero-order valence-corrected chi connectivity index (χ0v) is 25.2. The monoisotopic (exact) mass is 647 g/mol. The lowest BCUT2D eigenvalue weighted by atomic mass is 10.3. The number of nitrogens with one attached hydrogen (secondary N) is 1. The molecule has 3 amide bonds. The normalized spacial score (nSPS) is 20.9. The summed E-state index contributed by atoms with van der Waals surface area (Å²) >= 11 is 0.997. The predicted molar refractivity (Wildman–Crippen MR) is 155 cm³/mol. The SMILES string of the molecule is N[C@@H](CSC1CC(=O)N(CCNC(=O)CN2CCN(CC(=O)O)CCN(CC(=O)O)CCN(CC(=O)O)CC2)C1=O)C(=O)O. The summed E-state index contributed by atoms with van der Waals surface area (Å²) < 4.78 is 0. The average molecular weight is 648 g/mol. The minimum absolute atomic E-state index is 0.0220. The Morgan fingerprint density at radius 3 is 1.55 bits per heavy atom. The van der Waals surface area contributed by atoms with Crippen LogP contribution < -0.4 is 11.1 Å². The van der Waals surface area contributed by atoms with Gasteiger partial charge in [0.05, 0.1) is 31.4 Å². The summed E-state index contributed by atoms with van der Waals surface area (Å²) in [5.74, 6) is -5.75. The first-order valence-corrected chi connectivity index (χ1v) is 15.1. The molecule has 19 heteroatoms. The van der Waals surface area contributed by atoms with E-state index < -0.39 is 52.9 Å². The fraction of sp³-hybridized carbons (Fsp3) is 0.720. The predicted octanol–water partition coefficient (Wildman–Crippen LogP) is -4.15. The van der Waals surface area contributed by atoms with Crippen LogP contribution in [0.25, 0.3) is 0 Å². The third-order valence-electron chi connectivity index (χ3n) is 7.03. The summed E-state index contributed by atoms with van der Waals surface area (Å²) in [6.45, 7) is 0.975. The molecule has 7 N–H and O–H groups in total. The van der Waals surface area contributed by atoms with Crippen LogP contribution in [0.3, 0.4) is 0 Å². The number of carbonyl (C=O) groups is 7. The van der Waals surface area contributed by atoms with Gasteiger partial charge in [-0.2, -0.15) is 0 Å². The third-order valence-corrected chi connectivity index (χ3v) is 8.35. The Morgan fingerprint density at radius 2 is 1.16 bits per heavy atom. The molecule has 18 nitrogen and oxygen atoms in total. The van der Waals surface area contributed by atoms with Crippen LogP contribution in [0.2, 0.25) is 0 Å². The smallest absolute Gasteiger partial charge is 0.321 e. The molecule has 248 valence electrons. The molecule has 1 unspecified atom stereocenters. The number of carbonyl (C=O) groups excluding carboxylic acids is 3. The van der Waals surface area contributed by atoms with Gasteiger partial charge in [-0.05, 0) is 0 Å². The highest BCUT2D eigenvalue weighted by Crippen LogP contribution is 2.25. The number of likely N-dealkylation sites (tertiary alicyclic amines) is 1. The molecule has 2 aliphatic rings. The molecule has 0 aromatic heterocycles. The molecule has 0 aromatic rings. The average Bonchev–Trinajstić information content (AvgIpc) is 3.19. The van der Waals surface area contributed by atoms with E-state index in [9.17, 15) is 48.9 Å². The van der Waals surface area contributed by atoms with Crippen LogP contribution in [0.1, 0.15) is 6.42 Å². The van der Waals surface area contributed by atoms with Gasteiger partial charge in [0.1, 0.15) is 6.04 Å². The number of thioether (sulfide) groups is 1. The molecule has 0 saturated carbocycles. The van der Waals surface area contributed by atoms with Crippen molar-refractivity contribution in [3.05, 3.63) is 0 Å². The van der Waals surface area contributed by atoms with Crippen LogP contribution >= 0.6 is 11.8 Å². The van der Waals surface area contributed by atoms with Crippen LogP contribution in [-0.4, -0.2) is 195 Å². The molecule has 2 fully saturated rings. The maximum Gasteiger partial charge on any atom is 0.321 e. The standard InChI is InChI=1S/C25H41N7O11S/c26-17(25(42)43)16-44-18-11-20(34)32(24(18)41)2-1-27-19(33)12-28-3-5-29(13-21(35)36)7-9-31(15-23(39)40)10-8-30(6-4-28)14-22(37)38/h17-18H,1-16,26H2,(H,27,33)(H,35,36)(H,37,38)(H,39,40)(H,42,43)/t17-,18?/m0/s1. The summed E-state index contributed by atoms with van der Waals surface area (Å²) in [6, 6.07) is -1.17. The Labute approximate surface area is 258 Å². The number of nitrogens with zero attached hydrogens (tertiary/aromatic N) is 5. The van der Waals surface area contributed by atoms with Crippen LogP contribution in [0, 0.1) is 0 Å². The van der Waals surface area contributed by atoms with E-state index in [1.165, 1.54) is 0 Å². The van der Waals surface area contributed by atoms with Crippen molar-refractivity contribution in [1.82, 2.24) is 29.8 Å². The number of rotatable bonds is 15. The topological polar surface area (TPSA) is 255 Å². The van der Waals surface area contributed by atoms with Crippen molar-refractivity contribution in [1.29, 1.82) is 0 Å². The van der Waals surface area contributed by atoms with Crippen molar-refractivity contribution in [2.45, 2.75) is 17.7 Å². The van der Waals surface area contributed by atoms with E-state index in [4.69, 9.17) is 10.8 Å². The van der Waals surface area contributed by atoms with Crippen LogP contribution in [0.5, 0.6) is 0 Å². The molecule has 2 rings (SSSR count). The zero-order chi connectivity index (χ0) is 32.8. The van der Waals surface area contributed by atoms with Gasteiger partial charge in [0.15, 0.2) is 0 Å². The Morgan fingerprint density at radius 1 is 0.750 bits per heavy atom. The quantitative estimate of drug-likeness (QED) is 0.0922. The Kier molecular flexibility index (Phi) is 15.4. The van der Waals surface area contributed by atoms with Gasteiger partial charge in [-0.3, -0.25) is 58.1 Å². The van der Waals surface area contributed by atoms with E-state index >= 15 is 0 Å². The Bertz CT molecular complexity index is 1030. The van der Waals surface area contributed by atoms with Crippen molar-refractivity contribution in [2.75, 3.05) is 97.4 Å². The number of amides is 3. The largest absolute Gasteiger partial charge is 0.480 e. The van der Waals surface area contributed by atoms with Gasteiger partial charge in [0.2, 0.25) is 17.7 Å². The summed E-state index contributed by atoms with van der Waals surface area (Å²) in [5, 5.41) is 38.8. The van der Waals surface area contributed by atoms with Crippen molar-refractivity contribution in [2.24, 2.45) is 5.73 Å². The van der Waals surface area contributed by atoms with E-state index in [1.54, 1.807) is 19.6 Å². The molecule has 0 radical (unpaired) electrons. The van der Waals surface area contributed by atoms with Crippen LogP contribution in [0.15, 0.2) is 0 Å². The number of nitrogens with two attached hydrogens (primary N) is 1. The zero-order valence-electron chi connectivity index (χ0n) is 24.3. The number of imide groups is 1. The van der Waals surface area contributed by atoms with Gasteiger partial charge in [-0.15, -0.1) is 11.8 Å². The van der Waals surface area contributed by atoms with Gasteiger partial charge in [0, 0.05) is 77.6 Å². The van der Waals surface area contributed by atoms with Crippen molar-refractivity contribution in [3.63, 3.8) is 0 Å². The minimum Gasteiger partial charge on any atom is -0.480 e. The van der Waals surface area contributed by atoms with E-state index in [2.05, 4.69) is 5.32 Å². The first-order valence-electron chi connectivity index (χ1n) is 14.0. The summed E-state index contributed by atoms with van der Waals surface area (Å²) in [7, 11) is 0. The fourth-order valence-corrected chi connectivity index (χ4v) is 5.77. The molecule has 2 saturated heterocycles. The molecule has 44 heavy (non-hydrogen) atoms. The highest BCUT2D eigenvalue weighted by molar-refractivity contribution is 8.00. The molecular weight excluding hydrogens is 606 g/mol. The van der Waals surface area contributed by atoms with Crippen LogP contribution in [0.4, 0.5) is 0 Å². The summed E-state index contributed by atoms with van der Waals surface area (Å²) in [4.78, 5) is 90.5. The lowest BCUT2D eigenvalue weighted by Crippen LogP contribution is -2.50. The second-order valence-corrected chi connectivity index (χ2v) is 11.7. The maximum atomic E-state index is 12.8. The first-order chi connectivity index (χ1) is 20.7. The molecule has 2 aliphatic heterocycles. The third kappa shape index (κ3) is 13.5. The van der Waals surface area contributed by atoms with Crippen molar-refractivity contribution < 1.29 is 54.0 Å². The number of hydrogen-bond donors (Lipinski definition) is 6. The number of hydrogen-bond acceptors (Lipinski definition) is 13. The summed E-state index contributed by atoms with van der Waals surface area (Å²) in [5.41, 5.74) is 5.47. The van der Waals surface area contributed by atoms with E-state index in [0.717, 1.165) is 16.7 Å². The highest BCUT2D eigenvalue weighted by Gasteiger charge is 2.39. The number of carboxylic acid groups (broad SMARTS) is 4. The fourth-order valence-electron chi connectivity index (χ4n) is 4.66. The van der Waals surface area contributed by atoms with Crippen molar-refractivity contribution in [3.8, 4) is 0 Å². The molecular formula is C25H41N7O11S. The molecule has 2 atom stereocenters. The summed E-state index contributed by atoms with van der Waals surface area (Å²) in [6.07, 6.45) is -0.0919. The molecule has 0 spiro atoms. The number of carboxylic acids is 4.